The number of rotatable bonds is 7. The van der Waals surface area contributed by atoms with Crippen molar-refractivity contribution in [3.8, 4) is 11.5 Å². The summed E-state index contributed by atoms with van der Waals surface area (Å²) in [6, 6.07) is 15.1. The normalized spacial score (nSPS) is 14.7. The summed E-state index contributed by atoms with van der Waals surface area (Å²) in [5, 5.41) is 2.62. The molecule has 4 rings (SSSR count). The van der Waals surface area contributed by atoms with E-state index in [-0.39, 0.29) is 12.2 Å². The number of amides is 4. The molecule has 1 N–H and O–H groups in total. The number of hydrogen-bond acceptors (Lipinski definition) is 5. The zero-order valence-electron chi connectivity index (χ0n) is 19.8. The smallest absolute Gasteiger partial charge is 0.335 e. The van der Waals surface area contributed by atoms with Crippen LogP contribution in [0.3, 0.4) is 0 Å². The van der Waals surface area contributed by atoms with Gasteiger partial charge in [-0.25, -0.2) is 9.69 Å². The highest BCUT2D eigenvalue weighted by molar-refractivity contribution is 9.10. The molecule has 0 atom stereocenters. The van der Waals surface area contributed by atoms with E-state index >= 15 is 0 Å². The molecule has 190 valence electrons. The van der Waals surface area contributed by atoms with Crippen LogP contribution in [0, 0.1) is 6.92 Å². The Labute approximate surface area is 235 Å². The fourth-order valence-electron chi connectivity index (χ4n) is 3.72. The molecule has 3 aromatic rings. The van der Waals surface area contributed by atoms with Gasteiger partial charge in [-0.15, -0.1) is 0 Å². The summed E-state index contributed by atoms with van der Waals surface area (Å²) in [6.07, 6.45) is 1.40. The van der Waals surface area contributed by atoms with Crippen molar-refractivity contribution in [2.45, 2.75) is 20.5 Å². The number of benzene rings is 3. The van der Waals surface area contributed by atoms with Gasteiger partial charge in [0.2, 0.25) is 0 Å². The average Bonchev–Trinajstić information content (AvgIpc) is 2.85. The Kier molecular flexibility index (Phi) is 8.36. The summed E-state index contributed by atoms with van der Waals surface area (Å²) in [4.78, 5) is 39.5. The van der Waals surface area contributed by atoms with Crippen LogP contribution in [0.2, 0.25) is 5.02 Å². The second kappa shape index (κ2) is 11.5. The summed E-state index contributed by atoms with van der Waals surface area (Å²) < 4.78 is 13.3. The number of nitrogens with one attached hydrogen (secondary N) is 1. The van der Waals surface area contributed by atoms with E-state index in [1.807, 2.05) is 31.2 Å². The van der Waals surface area contributed by atoms with Gasteiger partial charge in [-0.1, -0.05) is 51.8 Å². The highest BCUT2D eigenvalue weighted by Crippen LogP contribution is 2.39. The van der Waals surface area contributed by atoms with Crippen molar-refractivity contribution in [1.82, 2.24) is 5.32 Å². The average molecular weight is 649 g/mol. The zero-order chi connectivity index (χ0) is 26.7. The van der Waals surface area contributed by atoms with E-state index < -0.39 is 17.8 Å². The lowest BCUT2D eigenvalue weighted by atomic mass is 10.1. The van der Waals surface area contributed by atoms with Crippen LogP contribution in [0.25, 0.3) is 6.08 Å². The molecule has 3 aromatic carbocycles. The van der Waals surface area contributed by atoms with E-state index in [1.165, 1.54) is 6.08 Å². The van der Waals surface area contributed by atoms with Crippen LogP contribution in [0.5, 0.6) is 11.5 Å². The number of carbonyl (C=O) groups excluding carboxylic acids is 3. The summed E-state index contributed by atoms with van der Waals surface area (Å²) >= 11 is 13.2. The van der Waals surface area contributed by atoms with Crippen molar-refractivity contribution < 1.29 is 23.9 Å². The lowest BCUT2D eigenvalue weighted by Crippen LogP contribution is -2.54. The standard InChI is InChI=1S/C27H21Br2ClN2O5/c1-3-36-23-13-16(12-20(29)24(23)37-14-17-7-4-5-8-19(17)28)11-18-25(33)31-27(35)32(26(18)34)22-10-6-9-21(30)15(22)2/h4-13H,3,14H2,1-2H3,(H,31,33,35)/b18-11+. The maximum Gasteiger partial charge on any atom is 0.335 e. The van der Waals surface area contributed by atoms with E-state index in [9.17, 15) is 14.4 Å². The SMILES string of the molecule is CCOc1cc(/C=C2\C(=O)NC(=O)N(c3cccc(Cl)c3C)C2=O)cc(Br)c1OCc1ccccc1Br. The molecule has 1 heterocycles. The van der Waals surface area contributed by atoms with E-state index in [2.05, 4.69) is 37.2 Å². The first-order valence-electron chi connectivity index (χ1n) is 11.2. The molecule has 4 amide bonds. The molecule has 0 radical (unpaired) electrons. The maximum absolute atomic E-state index is 13.3. The van der Waals surface area contributed by atoms with Gasteiger partial charge in [0.25, 0.3) is 11.8 Å². The maximum atomic E-state index is 13.3. The van der Waals surface area contributed by atoms with Gasteiger partial charge in [0.15, 0.2) is 11.5 Å². The molecule has 1 aliphatic rings. The molecule has 10 heteroatoms. The first-order chi connectivity index (χ1) is 17.7. The van der Waals surface area contributed by atoms with Crippen molar-refractivity contribution >= 4 is 73.1 Å². The van der Waals surface area contributed by atoms with Gasteiger partial charge >= 0.3 is 6.03 Å². The summed E-state index contributed by atoms with van der Waals surface area (Å²) in [6.45, 7) is 4.19. The Morgan fingerprint density at radius 3 is 2.49 bits per heavy atom. The second-order valence-corrected chi connectivity index (χ2v) is 10.1. The Morgan fingerprint density at radius 1 is 1.00 bits per heavy atom. The number of ether oxygens (including phenoxy) is 2. The van der Waals surface area contributed by atoms with Gasteiger partial charge in [-0.2, -0.15) is 0 Å². The fourth-order valence-corrected chi connectivity index (χ4v) is 4.86. The molecule has 0 saturated carbocycles. The van der Waals surface area contributed by atoms with Gasteiger partial charge < -0.3 is 9.47 Å². The third-order valence-electron chi connectivity index (χ3n) is 5.55. The van der Waals surface area contributed by atoms with E-state index in [0.717, 1.165) is 14.9 Å². The molecular formula is C27H21Br2ClN2O5. The first-order valence-corrected chi connectivity index (χ1v) is 13.2. The highest BCUT2D eigenvalue weighted by Gasteiger charge is 2.37. The number of nitrogens with zero attached hydrogens (tertiary/aromatic N) is 1. The lowest BCUT2D eigenvalue weighted by Gasteiger charge is -2.27. The van der Waals surface area contributed by atoms with Gasteiger partial charge in [-0.3, -0.25) is 14.9 Å². The van der Waals surface area contributed by atoms with Gasteiger partial charge in [0, 0.05) is 15.1 Å². The molecule has 0 bridgehead atoms. The van der Waals surface area contributed by atoms with E-state index in [0.29, 0.717) is 44.4 Å². The van der Waals surface area contributed by atoms with Crippen LogP contribution in [0.15, 0.2) is 69.1 Å². The summed E-state index contributed by atoms with van der Waals surface area (Å²) in [5.74, 6) is -0.652. The number of imide groups is 2. The number of urea groups is 1. The van der Waals surface area contributed by atoms with Crippen molar-refractivity contribution in [2.75, 3.05) is 11.5 Å². The van der Waals surface area contributed by atoms with Crippen molar-refractivity contribution in [3.63, 3.8) is 0 Å². The predicted octanol–water partition coefficient (Wildman–Crippen LogP) is 6.82. The van der Waals surface area contributed by atoms with E-state index in [4.69, 9.17) is 21.1 Å². The Hall–Kier alpha value is -3.14. The molecule has 0 spiro atoms. The van der Waals surface area contributed by atoms with Crippen molar-refractivity contribution in [2.24, 2.45) is 0 Å². The number of halogens is 3. The number of barbiturate groups is 1. The van der Waals surface area contributed by atoms with Crippen molar-refractivity contribution in [3.05, 3.63) is 90.8 Å². The lowest BCUT2D eigenvalue weighted by molar-refractivity contribution is -0.122. The number of hydrogen-bond donors (Lipinski definition) is 1. The number of carbonyl (C=O) groups is 3. The van der Waals surface area contributed by atoms with Crippen LogP contribution in [0.4, 0.5) is 10.5 Å². The first kappa shape index (κ1) is 26.9. The number of anilines is 1. The highest BCUT2D eigenvalue weighted by atomic mass is 79.9. The molecule has 7 nitrogen and oxygen atoms in total. The topological polar surface area (TPSA) is 84.9 Å². The monoisotopic (exact) mass is 646 g/mol. The van der Waals surface area contributed by atoms with Crippen LogP contribution in [-0.4, -0.2) is 24.5 Å². The van der Waals surface area contributed by atoms with Crippen LogP contribution < -0.4 is 19.7 Å². The minimum absolute atomic E-state index is 0.213. The quantitative estimate of drug-likeness (QED) is 0.225. The summed E-state index contributed by atoms with van der Waals surface area (Å²) in [7, 11) is 0. The predicted molar refractivity (Wildman–Crippen MR) is 149 cm³/mol. The van der Waals surface area contributed by atoms with Gasteiger partial charge in [0.1, 0.15) is 12.2 Å². The second-order valence-electron chi connectivity index (χ2n) is 7.98. The molecule has 1 aliphatic heterocycles. The fraction of sp³-hybridized carbons (Fsp3) is 0.148. The molecule has 0 aromatic heterocycles. The third kappa shape index (κ3) is 5.74. The molecular weight excluding hydrogens is 628 g/mol. The van der Waals surface area contributed by atoms with Crippen LogP contribution in [0.1, 0.15) is 23.6 Å². The Bertz CT molecular complexity index is 1440. The molecule has 1 saturated heterocycles. The minimum atomic E-state index is -0.843. The van der Waals surface area contributed by atoms with E-state index in [1.54, 1.807) is 37.3 Å². The molecule has 1 fully saturated rings. The van der Waals surface area contributed by atoms with Crippen LogP contribution >= 0.6 is 43.5 Å². The minimum Gasteiger partial charge on any atom is -0.490 e. The Morgan fingerprint density at radius 2 is 1.76 bits per heavy atom. The molecule has 0 aliphatic carbocycles. The summed E-state index contributed by atoms with van der Waals surface area (Å²) in [5.41, 5.74) is 2.07. The van der Waals surface area contributed by atoms with Gasteiger partial charge in [-0.05, 0) is 77.3 Å². The van der Waals surface area contributed by atoms with Crippen LogP contribution in [-0.2, 0) is 16.2 Å². The molecule has 0 unspecified atom stereocenters. The van der Waals surface area contributed by atoms with Crippen molar-refractivity contribution in [1.29, 1.82) is 0 Å². The zero-order valence-corrected chi connectivity index (χ0v) is 23.7. The van der Waals surface area contributed by atoms with Gasteiger partial charge in [0.05, 0.1) is 16.8 Å². The molecule has 37 heavy (non-hydrogen) atoms. The third-order valence-corrected chi connectivity index (χ3v) is 7.33. The largest absolute Gasteiger partial charge is 0.490 e. The Balaban J connectivity index is 1.69.